The highest BCUT2D eigenvalue weighted by Gasteiger charge is 2.07. The third-order valence-electron chi connectivity index (χ3n) is 2.30. The summed E-state index contributed by atoms with van der Waals surface area (Å²) in [5.41, 5.74) is 1.27. The second-order valence-corrected chi connectivity index (χ2v) is 6.14. The monoisotopic (exact) mass is 313 g/mol. The third kappa shape index (κ3) is 3.52. The van der Waals surface area contributed by atoms with Gasteiger partial charge in [0.1, 0.15) is 5.76 Å². The number of furan rings is 1. The zero-order valence-electron chi connectivity index (χ0n) is 9.35. The van der Waals surface area contributed by atoms with Crippen molar-refractivity contribution < 1.29 is 9.21 Å². The molecule has 0 saturated heterocycles. The van der Waals surface area contributed by atoms with Crippen LogP contribution in [0.5, 0.6) is 0 Å². The molecular formula is C12H12BrNO2S. The first-order valence-corrected chi connectivity index (χ1v) is 6.80. The Kier molecular flexibility index (Phi) is 4.15. The number of carbonyl (C=O) groups is 1. The molecule has 0 aliphatic heterocycles. The maximum Gasteiger partial charge on any atom is 0.185 e. The zero-order valence-corrected chi connectivity index (χ0v) is 11.8. The summed E-state index contributed by atoms with van der Waals surface area (Å²) in [6, 6.07) is 5.64. The Morgan fingerprint density at radius 2 is 2.29 bits per heavy atom. The summed E-state index contributed by atoms with van der Waals surface area (Å²) in [5, 5.41) is 2.12. The van der Waals surface area contributed by atoms with E-state index in [1.807, 2.05) is 13.1 Å². The Morgan fingerprint density at radius 1 is 1.47 bits per heavy atom. The van der Waals surface area contributed by atoms with Crippen LogP contribution < -0.4 is 0 Å². The summed E-state index contributed by atoms with van der Waals surface area (Å²) in [7, 11) is 2.02. The maximum atomic E-state index is 10.5. The van der Waals surface area contributed by atoms with Crippen molar-refractivity contribution in [1.82, 2.24) is 4.90 Å². The molecule has 0 aliphatic rings. The van der Waals surface area contributed by atoms with Gasteiger partial charge in [-0.05, 0) is 52.1 Å². The number of aldehydes is 1. The SMILES string of the molecule is CN(Cc1csc(Br)c1)Cc1ccc(C=O)o1. The standard InChI is InChI=1S/C12H12BrNO2S/c1-14(5-9-4-12(13)17-8-9)6-10-2-3-11(7-15)16-10/h2-4,7-8H,5-6H2,1H3. The largest absolute Gasteiger partial charge is 0.457 e. The van der Waals surface area contributed by atoms with Gasteiger partial charge in [-0.3, -0.25) is 9.69 Å². The first-order chi connectivity index (χ1) is 8.17. The van der Waals surface area contributed by atoms with Crippen molar-refractivity contribution in [2.45, 2.75) is 13.1 Å². The average Bonchev–Trinajstić information content (AvgIpc) is 2.88. The quantitative estimate of drug-likeness (QED) is 0.792. The van der Waals surface area contributed by atoms with Crippen LogP contribution in [0, 0.1) is 0 Å². The van der Waals surface area contributed by atoms with Gasteiger partial charge in [-0.15, -0.1) is 11.3 Å². The van der Waals surface area contributed by atoms with Gasteiger partial charge < -0.3 is 4.42 Å². The van der Waals surface area contributed by atoms with Gasteiger partial charge in [-0.1, -0.05) is 0 Å². The molecule has 0 bridgehead atoms. The van der Waals surface area contributed by atoms with Crippen LogP contribution in [0.4, 0.5) is 0 Å². The molecule has 0 fully saturated rings. The number of thiophene rings is 1. The molecule has 0 saturated carbocycles. The van der Waals surface area contributed by atoms with Gasteiger partial charge in [-0.25, -0.2) is 0 Å². The molecule has 2 aromatic heterocycles. The predicted molar refractivity (Wildman–Crippen MR) is 71.3 cm³/mol. The van der Waals surface area contributed by atoms with Crippen molar-refractivity contribution in [3.05, 3.63) is 44.4 Å². The van der Waals surface area contributed by atoms with Gasteiger partial charge in [0.2, 0.25) is 0 Å². The molecule has 2 heterocycles. The second kappa shape index (κ2) is 5.62. The van der Waals surface area contributed by atoms with E-state index >= 15 is 0 Å². The van der Waals surface area contributed by atoms with Gasteiger partial charge in [0.15, 0.2) is 12.0 Å². The summed E-state index contributed by atoms with van der Waals surface area (Å²) < 4.78 is 6.47. The van der Waals surface area contributed by atoms with Crippen molar-refractivity contribution in [3.63, 3.8) is 0 Å². The topological polar surface area (TPSA) is 33.5 Å². The number of halogens is 1. The minimum Gasteiger partial charge on any atom is -0.457 e. The fourth-order valence-electron chi connectivity index (χ4n) is 1.61. The van der Waals surface area contributed by atoms with Gasteiger partial charge >= 0.3 is 0 Å². The summed E-state index contributed by atoms with van der Waals surface area (Å²) in [4.78, 5) is 12.6. The van der Waals surface area contributed by atoms with E-state index in [4.69, 9.17) is 4.42 Å². The lowest BCUT2D eigenvalue weighted by molar-refractivity contribution is 0.109. The van der Waals surface area contributed by atoms with Crippen LogP contribution in [0.15, 0.2) is 31.8 Å². The molecule has 0 aliphatic carbocycles. The Balaban J connectivity index is 1.92. The smallest absolute Gasteiger partial charge is 0.185 e. The molecule has 0 spiro atoms. The lowest BCUT2D eigenvalue weighted by Crippen LogP contribution is -2.16. The van der Waals surface area contributed by atoms with Crippen LogP contribution in [0.1, 0.15) is 21.9 Å². The van der Waals surface area contributed by atoms with Crippen LogP contribution in [-0.4, -0.2) is 18.2 Å². The first kappa shape index (κ1) is 12.5. The lowest BCUT2D eigenvalue weighted by atomic mass is 10.3. The highest BCUT2D eigenvalue weighted by Crippen LogP contribution is 2.22. The lowest BCUT2D eigenvalue weighted by Gasteiger charge is -2.13. The second-order valence-electron chi connectivity index (χ2n) is 3.85. The first-order valence-electron chi connectivity index (χ1n) is 5.12. The van der Waals surface area contributed by atoms with Crippen molar-refractivity contribution in [1.29, 1.82) is 0 Å². The van der Waals surface area contributed by atoms with E-state index < -0.39 is 0 Å². The van der Waals surface area contributed by atoms with Crippen molar-refractivity contribution in [2.24, 2.45) is 0 Å². The minimum atomic E-state index is 0.381. The average molecular weight is 314 g/mol. The van der Waals surface area contributed by atoms with Gasteiger partial charge in [-0.2, -0.15) is 0 Å². The molecule has 2 aromatic rings. The maximum absolute atomic E-state index is 10.5. The Bertz CT molecular complexity index is 506. The third-order valence-corrected chi connectivity index (χ3v) is 3.85. The highest BCUT2D eigenvalue weighted by atomic mass is 79.9. The molecule has 0 atom stereocenters. The minimum absolute atomic E-state index is 0.381. The normalized spacial score (nSPS) is 11.0. The van der Waals surface area contributed by atoms with Crippen LogP contribution in [0.25, 0.3) is 0 Å². The number of hydrogen-bond donors (Lipinski definition) is 0. The van der Waals surface area contributed by atoms with E-state index in [9.17, 15) is 4.79 Å². The molecule has 0 unspecified atom stereocenters. The predicted octanol–water partition coefficient (Wildman–Crippen LogP) is 3.55. The summed E-state index contributed by atoms with van der Waals surface area (Å²) in [5.74, 6) is 1.19. The van der Waals surface area contributed by atoms with Gasteiger partial charge in [0.25, 0.3) is 0 Å². The fraction of sp³-hybridized carbons (Fsp3) is 0.250. The van der Waals surface area contributed by atoms with E-state index in [-0.39, 0.29) is 0 Å². The van der Waals surface area contributed by atoms with E-state index in [1.54, 1.807) is 17.4 Å². The Hall–Kier alpha value is -0.910. The molecule has 2 rings (SSSR count). The molecule has 0 amide bonds. The molecule has 90 valence electrons. The summed E-state index contributed by atoms with van der Waals surface area (Å²) in [6.07, 6.45) is 0.722. The molecule has 17 heavy (non-hydrogen) atoms. The molecule has 0 N–H and O–H groups in total. The number of rotatable bonds is 5. The van der Waals surface area contributed by atoms with Crippen LogP contribution in [-0.2, 0) is 13.1 Å². The molecule has 3 nitrogen and oxygen atoms in total. The van der Waals surface area contributed by atoms with E-state index in [0.29, 0.717) is 12.3 Å². The Morgan fingerprint density at radius 3 is 2.88 bits per heavy atom. The molecule has 5 heteroatoms. The fourth-order valence-corrected chi connectivity index (χ4v) is 2.81. The van der Waals surface area contributed by atoms with E-state index in [0.717, 1.165) is 22.4 Å². The molecule has 0 aromatic carbocycles. The van der Waals surface area contributed by atoms with Crippen molar-refractivity contribution in [2.75, 3.05) is 7.05 Å². The highest BCUT2D eigenvalue weighted by molar-refractivity contribution is 9.11. The summed E-state index contributed by atoms with van der Waals surface area (Å²) in [6.45, 7) is 1.56. The van der Waals surface area contributed by atoms with Crippen LogP contribution in [0.3, 0.4) is 0 Å². The van der Waals surface area contributed by atoms with Crippen molar-refractivity contribution in [3.8, 4) is 0 Å². The van der Waals surface area contributed by atoms with Gasteiger partial charge in [0, 0.05) is 6.54 Å². The van der Waals surface area contributed by atoms with Crippen LogP contribution in [0.2, 0.25) is 0 Å². The Labute approximate surface area is 112 Å². The number of carbonyl (C=O) groups excluding carboxylic acids is 1. The van der Waals surface area contributed by atoms with Crippen molar-refractivity contribution >= 4 is 33.6 Å². The number of nitrogens with zero attached hydrogens (tertiary/aromatic N) is 1. The zero-order chi connectivity index (χ0) is 12.3. The summed E-state index contributed by atoms with van der Waals surface area (Å²) >= 11 is 5.12. The van der Waals surface area contributed by atoms with E-state index in [2.05, 4.69) is 32.3 Å². The van der Waals surface area contributed by atoms with E-state index in [1.165, 1.54) is 5.56 Å². The van der Waals surface area contributed by atoms with Crippen LogP contribution >= 0.6 is 27.3 Å². The number of hydrogen-bond acceptors (Lipinski definition) is 4. The van der Waals surface area contributed by atoms with Gasteiger partial charge in [0.05, 0.1) is 10.3 Å². The molecule has 0 radical (unpaired) electrons. The molecular weight excluding hydrogens is 302 g/mol.